The van der Waals surface area contributed by atoms with Crippen LogP contribution in [0.25, 0.3) is 11.9 Å². The highest BCUT2D eigenvalue weighted by molar-refractivity contribution is 6.01. The summed E-state index contributed by atoms with van der Waals surface area (Å²) in [6, 6.07) is 5.26. The fraction of sp³-hybridized carbons (Fsp3) is 0.350. The predicted octanol–water partition coefficient (Wildman–Crippen LogP) is 1.54. The first-order valence-electron chi connectivity index (χ1n) is 9.75. The van der Waals surface area contributed by atoms with Crippen LogP contribution in [0.15, 0.2) is 47.8 Å². The lowest BCUT2D eigenvalue weighted by Crippen LogP contribution is -2.48. The average Bonchev–Trinajstić information content (AvgIpc) is 3.43. The van der Waals surface area contributed by atoms with Crippen molar-refractivity contribution in [1.82, 2.24) is 24.1 Å². The number of rotatable bonds is 3. The molecule has 1 aliphatic heterocycles. The van der Waals surface area contributed by atoms with Crippen LogP contribution in [0.2, 0.25) is 0 Å². The molecule has 29 heavy (non-hydrogen) atoms. The van der Waals surface area contributed by atoms with Crippen molar-refractivity contribution in [3.8, 4) is 11.9 Å². The maximum atomic E-state index is 12.5. The lowest BCUT2D eigenvalue weighted by Gasteiger charge is -2.37. The third-order valence-electron chi connectivity index (χ3n) is 5.69. The van der Waals surface area contributed by atoms with Gasteiger partial charge < -0.3 is 9.80 Å². The number of amides is 1. The number of aromatic nitrogens is 5. The summed E-state index contributed by atoms with van der Waals surface area (Å²) in [7, 11) is 1.75. The Bertz CT molecular complexity index is 1130. The molecule has 1 amide bonds. The van der Waals surface area contributed by atoms with Crippen molar-refractivity contribution in [3.05, 3.63) is 53.3 Å². The molecule has 9 nitrogen and oxygen atoms in total. The van der Waals surface area contributed by atoms with Crippen LogP contribution in [-0.2, 0) is 4.79 Å². The van der Waals surface area contributed by atoms with Gasteiger partial charge in [-0.2, -0.15) is 4.98 Å². The Balaban J connectivity index is 1.62. The largest absolute Gasteiger partial charge is 0.342 e. The zero-order chi connectivity index (χ0) is 20.0. The summed E-state index contributed by atoms with van der Waals surface area (Å²) in [5, 5.41) is 0. The van der Waals surface area contributed by atoms with E-state index in [9.17, 15) is 9.59 Å². The minimum Gasteiger partial charge on any atom is -0.342 e. The highest BCUT2D eigenvalue weighted by Crippen LogP contribution is 2.36. The third-order valence-corrected chi connectivity index (χ3v) is 5.69. The molecular formula is C20H21N7O2. The molecule has 1 aliphatic carbocycles. The zero-order valence-electron chi connectivity index (χ0n) is 16.1. The summed E-state index contributed by atoms with van der Waals surface area (Å²) in [6.45, 7) is 0.319. The summed E-state index contributed by atoms with van der Waals surface area (Å²) in [6.07, 6.45) is 11.1. The summed E-state index contributed by atoms with van der Waals surface area (Å²) < 4.78 is 3.14. The van der Waals surface area contributed by atoms with E-state index < -0.39 is 0 Å². The van der Waals surface area contributed by atoms with Gasteiger partial charge in [0, 0.05) is 37.7 Å². The van der Waals surface area contributed by atoms with Crippen molar-refractivity contribution >= 4 is 17.4 Å². The van der Waals surface area contributed by atoms with Crippen molar-refractivity contribution in [2.45, 2.75) is 31.7 Å². The SMILES string of the molecule is CN1C(=O)CN(C2CCCC2)c2nc(-n3ccnc3-n3ccccc3=O)ncc21. The summed E-state index contributed by atoms with van der Waals surface area (Å²) >= 11 is 0. The molecule has 9 heteroatoms. The van der Waals surface area contributed by atoms with Crippen molar-refractivity contribution in [1.29, 1.82) is 0 Å². The number of fused-ring (bicyclic) bond motifs is 1. The van der Waals surface area contributed by atoms with Crippen LogP contribution in [0.1, 0.15) is 25.7 Å². The molecule has 1 fully saturated rings. The minimum atomic E-state index is -0.184. The normalized spacial score (nSPS) is 17.1. The van der Waals surface area contributed by atoms with E-state index in [1.807, 2.05) is 0 Å². The number of hydrogen-bond acceptors (Lipinski definition) is 6. The van der Waals surface area contributed by atoms with Gasteiger partial charge in [-0.3, -0.25) is 18.7 Å². The van der Waals surface area contributed by atoms with Crippen LogP contribution in [0.4, 0.5) is 11.5 Å². The average molecular weight is 391 g/mol. The molecular weight excluding hydrogens is 370 g/mol. The van der Waals surface area contributed by atoms with E-state index in [-0.39, 0.29) is 11.5 Å². The molecule has 3 aromatic heterocycles. The van der Waals surface area contributed by atoms with Gasteiger partial charge in [-0.25, -0.2) is 9.97 Å². The summed E-state index contributed by atoms with van der Waals surface area (Å²) in [5.41, 5.74) is 0.520. The number of likely N-dealkylation sites (N-methyl/N-ethyl adjacent to an activating group) is 1. The number of carbonyl (C=O) groups is 1. The number of carbonyl (C=O) groups excluding carboxylic acids is 1. The van der Waals surface area contributed by atoms with Gasteiger partial charge in [0.05, 0.1) is 12.7 Å². The van der Waals surface area contributed by atoms with Crippen molar-refractivity contribution in [2.24, 2.45) is 0 Å². The van der Waals surface area contributed by atoms with Gasteiger partial charge in [0.15, 0.2) is 5.82 Å². The van der Waals surface area contributed by atoms with Gasteiger partial charge in [-0.1, -0.05) is 18.9 Å². The maximum absolute atomic E-state index is 12.5. The second-order valence-electron chi connectivity index (χ2n) is 7.40. The molecule has 0 unspecified atom stereocenters. The van der Waals surface area contributed by atoms with E-state index in [0.29, 0.717) is 30.2 Å². The molecule has 5 rings (SSSR count). The van der Waals surface area contributed by atoms with Crippen molar-refractivity contribution in [2.75, 3.05) is 23.4 Å². The summed E-state index contributed by atoms with van der Waals surface area (Å²) in [5.74, 6) is 1.63. The highest BCUT2D eigenvalue weighted by atomic mass is 16.2. The van der Waals surface area contributed by atoms with Gasteiger partial charge >= 0.3 is 0 Å². The standard InChI is InChI=1S/C20H21N7O2/c1-24-15-12-22-19(23-18(15)27(13-17(24)29)14-6-2-3-7-14)26-11-9-21-20(26)25-10-5-4-8-16(25)28/h4-5,8-12,14H,2-3,6-7,13H2,1H3. The maximum Gasteiger partial charge on any atom is 0.257 e. The number of hydrogen-bond donors (Lipinski definition) is 0. The molecule has 2 aliphatic rings. The van der Waals surface area contributed by atoms with E-state index >= 15 is 0 Å². The molecule has 0 bridgehead atoms. The zero-order valence-corrected chi connectivity index (χ0v) is 16.1. The molecule has 4 heterocycles. The van der Waals surface area contributed by atoms with E-state index in [4.69, 9.17) is 4.98 Å². The van der Waals surface area contributed by atoms with Crippen molar-refractivity contribution in [3.63, 3.8) is 0 Å². The van der Waals surface area contributed by atoms with Crippen LogP contribution >= 0.6 is 0 Å². The van der Waals surface area contributed by atoms with E-state index in [1.54, 1.807) is 53.4 Å². The number of anilines is 2. The van der Waals surface area contributed by atoms with Gasteiger partial charge in [0.2, 0.25) is 17.8 Å². The quantitative estimate of drug-likeness (QED) is 0.673. The second kappa shape index (κ2) is 6.84. The molecule has 0 radical (unpaired) electrons. The van der Waals surface area contributed by atoms with Crippen LogP contribution in [0.5, 0.6) is 0 Å². The second-order valence-corrected chi connectivity index (χ2v) is 7.40. The van der Waals surface area contributed by atoms with E-state index in [0.717, 1.165) is 18.7 Å². The summed E-state index contributed by atoms with van der Waals surface area (Å²) in [4.78, 5) is 42.1. The van der Waals surface area contributed by atoms with E-state index in [2.05, 4.69) is 14.9 Å². The first kappa shape index (κ1) is 17.6. The van der Waals surface area contributed by atoms with E-state index in [1.165, 1.54) is 23.5 Å². The number of imidazole rings is 1. The Morgan fingerprint density at radius 1 is 1.03 bits per heavy atom. The fourth-order valence-electron chi connectivity index (χ4n) is 4.12. The lowest BCUT2D eigenvalue weighted by atomic mass is 10.1. The third kappa shape index (κ3) is 2.89. The van der Waals surface area contributed by atoms with Gasteiger partial charge in [0.25, 0.3) is 5.56 Å². The smallest absolute Gasteiger partial charge is 0.257 e. The first-order chi connectivity index (χ1) is 14.1. The van der Waals surface area contributed by atoms with Crippen LogP contribution in [0, 0.1) is 0 Å². The first-order valence-corrected chi connectivity index (χ1v) is 9.75. The van der Waals surface area contributed by atoms with Gasteiger partial charge in [-0.15, -0.1) is 0 Å². The Morgan fingerprint density at radius 2 is 1.86 bits per heavy atom. The molecule has 0 N–H and O–H groups in total. The molecule has 3 aromatic rings. The fourth-order valence-corrected chi connectivity index (χ4v) is 4.12. The lowest BCUT2D eigenvalue weighted by molar-refractivity contribution is -0.117. The molecule has 0 saturated heterocycles. The van der Waals surface area contributed by atoms with Crippen molar-refractivity contribution < 1.29 is 4.79 Å². The Labute approximate surface area is 167 Å². The van der Waals surface area contributed by atoms with Gasteiger partial charge in [-0.05, 0) is 18.9 Å². The number of pyridine rings is 1. The predicted molar refractivity (Wildman–Crippen MR) is 108 cm³/mol. The van der Waals surface area contributed by atoms with Crippen LogP contribution in [-0.4, -0.2) is 49.6 Å². The molecule has 0 aromatic carbocycles. The van der Waals surface area contributed by atoms with Gasteiger partial charge in [0.1, 0.15) is 5.69 Å². The molecule has 0 spiro atoms. The molecule has 1 saturated carbocycles. The Morgan fingerprint density at radius 3 is 2.66 bits per heavy atom. The molecule has 0 atom stereocenters. The Hall–Kier alpha value is -3.49. The topological polar surface area (TPSA) is 89.2 Å². The van der Waals surface area contributed by atoms with Crippen LogP contribution in [0.3, 0.4) is 0 Å². The Kier molecular flexibility index (Phi) is 4.15. The molecule has 148 valence electrons. The minimum absolute atomic E-state index is 0.0416. The van der Waals surface area contributed by atoms with Crippen LogP contribution < -0.4 is 15.4 Å². The highest BCUT2D eigenvalue weighted by Gasteiger charge is 2.34. The monoisotopic (exact) mass is 391 g/mol. The number of nitrogens with zero attached hydrogens (tertiary/aromatic N) is 7.